The molecule has 0 aliphatic carbocycles. The van der Waals surface area contributed by atoms with Crippen LogP contribution in [0.25, 0.3) is 0 Å². The van der Waals surface area contributed by atoms with E-state index in [-0.39, 0.29) is 30.2 Å². The van der Waals surface area contributed by atoms with Crippen molar-refractivity contribution in [3.63, 3.8) is 0 Å². The third-order valence-corrected chi connectivity index (χ3v) is 6.84. The Morgan fingerprint density at radius 2 is 1.94 bits per heavy atom. The lowest BCUT2D eigenvalue weighted by atomic mass is 10.0. The number of para-hydroxylation sites is 1. The summed E-state index contributed by atoms with van der Waals surface area (Å²) in [6.45, 7) is 1.57. The Balaban J connectivity index is 1.40. The Morgan fingerprint density at radius 3 is 2.69 bits per heavy atom. The maximum absolute atomic E-state index is 13.7. The monoisotopic (exact) mass is 479 g/mol. The summed E-state index contributed by atoms with van der Waals surface area (Å²) in [5.41, 5.74) is 2.09. The lowest BCUT2D eigenvalue weighted by Gasteiger charge is -2.41. The van der Waals surface area contributed by atoms with Gasteiger partial charge in [-0.25, -0.2) is 0 Å². The number of anilines is 1. The van der Waals surface area contributed by atoms with Crippen LogP contribution in [0.4, 0.5) is 5.69 Å². The molecule has 3 heterocycles. The van der Waals surface area contributed by atoms with E-state index in [4.69, 9.17) is 14.2 Å². The summed E-state index contributed by atoms with van der Waals surface area (Å²) in [7, 11) is 3.01. The van der Waals surface area contributed by atoms with Crippen LogP contribution < -0.4 is 19.7 Å². The highest BCUT2D eigenvalue weighted by Crippen LogP contribution is 2.49. The molecule has 0 spiro atoms. The van der Waals surface area contributed by atoms with Crippen molar-refractivity contribution in [1.82, 2.24) is 10.2 Å². The third kappa shape index (κ3) is 3.99. The predicted molar refractivity (Wildman–Crippen MR) is 128 cm³/mol. The Bertz CT molecular complexity index is 1160. The number of carbonyl (C=O) groups excluding carboxylic acids is 3. The van der Waals surface area contributed by atoms with Gasteiger partial charge in [0.2, 0.25) is 5.91 Å². The molecule has 2 aromatic rings. The van der Waals surface area contributed by atoms with Crippen LogP contribution in [0.5, 0.6) is 11.5 Å². The molecule has 2 atom stereocenters. The fraction of sp³-hybridized carbons (Fsp3) is 0.423. The molecule has 3 amide bonds. The van der Waals surface area contributed by atoms with Crippen molar-refractivity contribution in [3.8, 4) is 11.5 Å². The molecule has 3 aliphatic heterocycles. The van der Waals surface area contributed by atoms with Crippen molar-refractivity contribution < 1.29 is 28.6 Å². The fourth-order valence-electron chi connectivity index (χ4n) is 5.18. The molecule has 0 bridgehead atoms. The molecule has 5 rings (SSSR count). The van der Waals surface area contributed by atoms with E-state index in [9.17, 15) is 14.4 Å². The van der Waals surface area contributed by atoms with Crippen LogP contribution in [0.1, 0.15) is 58.1 Å². The Morgan fingerprint density at radius 1 is 1.11 bits per heavy atom. The van der Waals surface area contributed by atoms with Crippen molar-refractivity contribution in [2.24, 2.45) is 0 Å². The van der Waals surface area contributed by atoms with Crippen molar-refractivity contribution in [2.45, 2.75) is 38.0 Å². The third-order valence-electron chi connectivity index (χ3n) is 6.84. The SMILES string of the molecule is COc1ccc2c(c1OC)C(=O)N1c3ccccc3C(=O)N(CCCC(=O)NC[C@H]3CCCO3)[C@@H]21. The number of carbonyl (C=O) groups is 3. The van der Waals surface area contributed by atoms with E-state index in [2.05, 4.69) is 5.32 Å². The van der Waals surface area contributed by atoms with E-state index in [1.54, 1.807) is 34.1 Å². The number of nitrogens with one attached hydrogen (secondary N) is 1. The average molecular weight is 480 g/mol. The minimum Gasteiger partial charge on any atom is -0.493 e. The zero-order chi connectivity index (χ0) is 24.5. The van der Waals surface area contributed by atoms with Gasteiger partial charge in [0, 0.05) is 31.7 Å². The lowest BCUT2D eigenvalue weighted by molar-refractivity contribution is -0.121. The Labute approximate surface area is 203 Å². The summed E-state index contributed by atoms with van der Waals surface area (Å²) in [5, 5.41) is 2.92. The summed E-state index contributed by atoms with van der Waals surface area (Å²) in [5.74, 6) is 0.310. The maximum atomic E-state index is 13.7. The standard InChI is InChI=1S/C26H29N3O6/c1-33-20-12-11-18-22(23(20)34-2)26(32)29-19-9-4-3-8-17(19)25(31)28(24(18)29)13-5-10-21(30)27-15-16-7-6-14-35-16/h3-4,8-9,11-12,16,24H,5-7,10,13-15H2,1-2H3,(H,27,30)/t16-,24-/m1/s1. The lowest BCUT2D eigenvalue weighted by Crippen LogP contribution is -2.48. The molecule has 0 aromatic heterocycles. The normalized spacial score (nSPS) is 20.4. The molecule has 1 N–H and O–H groups in total. The molecule has 0 radical (unpaired) electrons. The molecular weight excluding hydrogens is 450 g/mol. The maximum Gasteiger partial charge on any atom is 0.264 e. The molecule has 35 heavy (non-hydrogen) atoms. The molecule has 1 saturated heterocycles. The minimum absolute atomic E-state index is 0.0727. The molecule has 184 valence electrons. The van der Waals surface area contributed by atoms with Gasteiger partial charge < -0.3 is 24.4 Å². The highest BCUT2D eigenvalue weighted by Gasteiger charge is 2.49. The number of hydrogen-bond acceptors (Lipinski definition) is 6. The highest BCUT2D eigenvalue weighted by molar-refractivity contribution is 6.18. The minimum atomic E-state index is -0.616. The second-order valence-corrected chi connectivity index (χ2v) is 8.87. The Hall–Kier alpha value is -3.59. The van der Waals surface area contributed by atoms with Gasteiger partial charge in [0.1, 0.15) is 6.17 Å². The van der Waals surface area contributed by atoms with Crippen molar-refractivity contribution in [2.75, 3.05) is 38.8 Å². The van der Waals surface area contributed by atoms with Gasteiger partial charge in [-0.3, -0.25) is 19.3 Å². The largest absolute Gasteiger partial charge is 0.493 e. The Kier molecular flexibility index (Phi) is 6.34. The topological polar surface area (TPSA) is 97.4 Å². The number of methoxy groups -OCH3 is 2. The van der Waals surface area contributed by atoms with Crippen LogP contribution in [0.2, 0.25) is 0 Å². The molecule has 0 unspecified atom stereocenters. The zero-order valence-electron chi connectivity index (χ0n) is 19.9. The molecular formula is C26H29N3O6. The average Bonchev–Trinajstić information content (AvgIpc) is 3.50. The van der Waals surface area contributed by atoms with Gasteiger partial charge in [0.15, 0.2) is 11.5 Å². The van der Waals surface area contributed by atoms with Crippen molar-refractivity contribution in [3.05, 3.63) is 53.1 Å². The van der Waals surface area contributed by atoms with Crippen molar-refractivity contribution >= 4 is 23.4 Å². The zero-order valence-corrected chi connectivity index (χ0v) is 19.9. The second kappa shape index (κ2) is 9.58. The fourth-order valence-corrected chi connectivity index (χ4v) is 5.18. The van der Waals surface area contributed by atoms with Gasteiger partial charge in [-0.15, -0.1) is 0 Å². The summed E-state index contributed by atoms with van der Waals surface area (Å²) in [4.78, 5) is 42.9. The summed E-state index contributed by atoms with van der Waals surface area (Å²) < 4.78 is 16.5. The van der Waals surface area contributed by atoms with Crippen LogP contribution in [-0.4, -0.2) is 62.6 Å². The molecule has 9 nitrogen and oxygen atoms in total. The first kappa shape index (κ1) is 23.2. The van der Waals surface area contributed by atoms with Gasteiger partial charge in [-0.2, -0.15) is 0 Å². The first-order chi connectivity index (χ1) is 17.0. The summed E-state index contributed by atoms with van der Waals surface area (Å²) in [6, 6.07) is 10.7. The van der Waals surface area contributed by atoms with Crippen LogP contribution in [0.15, 0.2) is 36.4 Å². The number of amides is 3. The van der Waals surface area contributed by atoms with E-state index < -0.39 is 6.17 Å². The van der Waals surface area contributed by atoms with Gasteiger partial charge in [-0.1, -0.05) is 18.2 Å². The van der Waals surface area contributed by atoms with E-state index in [0.29, 0.717) is 53.4 Å². The van der Waals surface area contributed by atoms with Crippen LogP contribution >= 0.6 is 0 Å². The highest BCUT2D eigenvalue weighted by atomic mass is 16.5. The first-order valence-corrected chi connectivity index (χ1v) is 11.9. The number of nitrogens with zero attached hydrogens (tertiary/aromatic N) is 2. The van der Waals surface area contributed by atoms with Crippen LogP contribution in [0, 0.1) is 0 Å². The van der Waals surface area contributed by atoms with E-state index in [1.165, 1.54) is 14.2 Å². The second-order valence-electron chi connectivity index (χ2n) is 8.87. The van der Waals surface area contributed by atoms with E-state index in [1.807, 2.05) is 12.1 Å². The van der Waals surface area contributed by atoms with Crippen LogP contribution in [-0.2, 0) is 9.53 Å². The number of fused-ring (bicyclic) bond motifs is 5. The smallest absolute Gasteiger partial charge is 0.264 e. The molecule has 0 saturated carbocycles. The number of hydrogen-bond donors (Lipinski definition) is 1. The summed E-state index contributed by atoms with van der Waals surface area (Å²) in [6.07, 6.45) is 2.19. The number of benzene rings is 2. The summed E-state index contributed by atoms with van der Waals surface area (Å²) >= 11 is 0. The number of rotatable bonds is 8. The van der Waals surface area contributed by atoms with Gasteiger partial charge in [-0.05, 0) is 37.5 Å². The van der Waals surface area contributed by atoms with Gasteiger partial charge in [0.05, 0.1) is 37.1 Å². The van der Waals surface area contributed by atoms with Crippen LogP contribution in [0.3, 0.4) is 0 Å². The van der Waals surface area contributed by atoms with Crippen molar-refractivity contribution in [1.29, 1.82) is 0 Å². The number of ether oxygens (including phenoxy) is 3. The van der Waals surface area contributed by atoms with E-state index >= 15 is 0 Å². The molecule has 9 heteroatoms. The molecule has 1 fully saturated rings. The van der Waals surface area contributed by atoms with Gasteiger partial charge >= 0.3 is 0 Å². The predicted octanol–water partition coefficient (Wildman–Crippen LogP) is 2.89. The van der Waals surface area contributed by atoms with E-state index in [0.717, 1.165) is 19.4 Å². The van der Waals surface area contributed by atoms with Gasteiger partial charge in [0.25, 0.3) is 11.8 Å². The quantitative estimate of drug-likeness (QED) is 0.625. The molecule has 3 aliphatic rings. The first-order valence-electron chi connectivity index (χ1n) is 11.9. The molecule has 2 aromatic carbocycles.